The zero-order valence-electron chi connectivity index (χ0n) is 11.9. The van der Waals surface area contributed by atoms with E-state index in [2.05, 4.69) is 48.6 Å². The average Bonchev–Trinajstić information content (AvgIpc) is 2.39. The van der Waals surface area contributed by atoms with E-state index in [4.69, 9.17) is 5.73 Å². The first-order valence-corrected chi connectivity index (χ1v) is 7.78. The van der Waals surface area contributed by atoms with Crippen LogP contribution in [0.5, 0.6) is 0 Å². The molecule has 0 bridgehead atoms. The Labute approximate surface area is 137 Å². The van der Waals surface area contributed by atoms with Crippen LogP contribution < -0.4 is 11.1 Å². The third-order valence-electron chi connectivity index (χ3n) is 2.83. The first-order chi connectivity index (χ1) is 8.72. The van der Waals surface area contributed by atoms with Crippen LogP contribution in [0.2, 0.25) is 0 Å². The third-order valence-corrected chi connectivity index (χ3v) is 3.42. The molecule has 0 aliphatic carbocycles. The topological polar surface area (TPSA) is 50.4 Å². The molecular formula is C14H24IN3S. The Morgan fingerprint density at radius 3 is 2.32 bits per heavy atom. The van der Waals surface area contributed by atoms with Crippen molar-refractivity contribution in [3.05, 3.63) is 29.3 Å². The van der Waals surface area contributed by atoms with Crippen molar-refractivity contribution in [1.29, 1.82) is 0 Å². The van der Waals surface area contributed by atoms with Crippen LogP contribution in [0.1, 0.15) is 25.0 Å². The summed E-state index contributed by atoms with van der Waals surface area (Å²) in [6.07, 6.45) is 4.06. The first-order valence-electron chi connectivity index (χ1n) is 6.39. The van der Waals surface area contributed by atoms with E-state index in [-0.39, 0.29) is 24.0 Å². The van der Waals surface area contributed by atoms with Gasteiger partial charge in [-0.3, -0.25) is 4.99 Å². The van der Waals surface area contributed by atoms with Crippen molar-refractivity contribution < 1.29 is 0 Å². The Bertz CT molecular complexity index is 385. The number of thioether (sulfide) groups is 1. The highest BCUT2D eigenvalue weighted by Gasteiger charge is 2.06. The molecule has 19 heavy (non-hydrogen) atoms. The molecule has 0 saturated heterocycles. The fourth-order valence-electron chi connectivity index (χ4n) is 1.83. The van der Waals surface area contributed by atoms with Crippen LogP contribution in [0.15, 0.2) is 23.2 Å². The minimum Gasteiger partial charge on any atom is -0.370 e. The van der Waals surface area contributed by atoms with Gasteiger partial charge in [0.15, 0.2) is 5.96 Å². The number of para-hydroxylation sites is 1. The number of aliphatic imine (C=N–C) groups is 1. The lowest BCUT2D eigenvalue weighted by atomic mass is 10.0. The molecule has 108 valence electrons. The molecule has 0 aliphatic rings. The fraction of sp³-hybridized carbons (Fsp3) is 0.500. The van der Waals surface area contributed by atoms with Gasteiger partial charge in [-0.2, -0.15) is 11.8 Å². The minimum atomic E-state index is 0. The molecule has 0 aliphatic heterocycles. The highest BCUT2D eigenvalue weighted by Crippen LogP contribution is 2.22. The normalized spacial score (nSPS) is 11.0. The maximum Gasteiger partial charge on any atom is 0.193 e. The Balaban J connectivity index is 0.00000324. The Kier molecular flexibility index (Phi) is 10.1. The van der Waals surface area contributed by atoms with Crippen LogP contribution in [-0.4, -0.2) is 24.5 Å². The number of nitrogens with two attached hydrogens (primary N) is 1. The van der Waals surface area contributed by atoms with Crippen molar-refractivity contribution >= 4 is 47.4 Å². The molecule has 0 aromatic heterocycles. The van der Waals surface area contributed by atoms with Crippen LogP contribution in [0, 0.1) is 0 Å². The predicted octanol–water partition coefficient (Wildman–Crippen LogP) is 3.52. The lowest BCUT2D eigenvalue weighted by Gasteiger charge is -2.14. The molecule has 0 saturated carbocycles. The Morgan fingerprint density at radius 1 is 1.26 bits per heavy atom. The predicted molar refractivity (Wildman–Crippen MR) is 99.1 cm³/mol. The number of hydrogen-bond donors (Lipinski definition) is 2. The Hall–Kier alpha value is -0.430. The number of rotatable bonds is 6. The van der Waals surface area contributed by atoms with Gasteiger partial charge in [0, 0.05) is 11.4 Å². The second-order valence-electron chi connectivity index (χ2n) is 4.04. The molecule has 0 spiro atoms. The third kappa shape index (κ3) is 6.03. The van der Waals surface area contributed by atoms with E-state index >= 15 is 0 Å². The van der Waals surface area contributed by atoms with Crippen molar-refractivity contribution in [2.75, 3.05) is 23.9 Å². The number of nitrogens with zero attached hydrogens (tertiary/aromatic N) is 1. The number of anilines is 1. The molecule has 0 amide bonds. The molecule has 0 unspecified atom stereocenters. The number of hydrogen-bond acceptors (Lipinski definition) is 2. The van der Waals surface area contributed by atoms with Crippen LogP contribution in [0.3, 0.4) is 0 Å². The van der Waals surface area contributed by atoms with E-state index in [1.165, 1.54) is 11.1 Å². The Morgan fingerprint density at radius 2 is 1.84 bits per heavy atom. The highest BCUT2D eigenvalue weighted by molar-refractivity contribution is 14.0. The number of halogens is 1. The van der Waals surface area contributed by atoms with Crippen LogP contribution >= 0.6 is 35.7 Å². The molecule has 1 rings (SSSR count). The van der Waals surface area contributed by atoms with Gasteiger partial charge in [0.25, 0.3) is 0 Å². The van der Waals surface area contributed by atoms with E-state index in [0.717, 1.165) is 30.8 Å². The van der Waals surface area contributed by atoms with Gasteiger partial charge in [-0.1, -0.05) is 32.0 Å². The summed E-state index contributed by atoms with van der Waals surface area (Å²) in [5.74, 6) is 1.51. The molecule has 3 N–H and O–H groups in total. The van der Waals surface area contributed by atoms with Gasteiger partial charge in [0.05, 0.1) is 6.54 Å². The summed E-state index contributed by atoms with van der Waals surface area (Å²) in [7, 11) is 0. The summed E-state index contributed by atoms with van der Waals surface area (Å²) in [5, 5.41) is 3.26. The second kappa shape index (κ2) is 10.4. The van der Waals surface area contributed by atoms with Crippen molar-refractivity contribution in [3.63, 3.8) is 0 Å². The van der Waals surface area contributed by atoms with Crippen molar-refractivity contribution in [1.82, 2.24) is 0 Å². The van der Waals surface area contributed by atoms with Gasteiger partial charge in [-0.05, 0) is 30.2 Å². The number of guanidine groups is 1. The second-order valence-corrected chi connectivity index (χ2v) is 5.03. The molecule has 0 heterocycles. The van der Waals surface area contributed by atoms with E-state index in [1.54, 1.807) is 11.8 Å². The van der Waals surface area contributed by atoms with Gasteiger partial charge in [-0.15, -0.1) is 24.0 Å². The smallest absolute Gasteiger partial charge is 0.193 e. The maximum absolute atomic E-state index is 5.92. The monoisotopic (exact) mass is 393 g/mol. The van der Waals surface area contributed by atoms with Gasteiger partial charge < -0.3 is 11.1 Å². The van der Waals surface area contributed by atoms with Crippen LogP contribution in [-0.2, 0) is 12.8 Å². The first kappa shape index (κ1) is 18.6. The number of aryl methyl sites for hydroxylation is 2. The summed E-state index contributed by atoms with van der Waals surface area (Å²) in [4.78, 5) is 4.32. The van der Waals surface area contributed by atoms with E-state index in [1.807, 2.05) is 0 Å². The van der Waals surface area contributed by atoms with E-state index < -0.39 is 0 Å². The summed E-state index contributed by atoms with van der Waals surface area (Å²) in [6, 6.07) is 6.37. The number of nitrogens with one attached hydrogen (secondary N) is 1. The van der Waals surface area contributed by atoms with Crippen LogP contribution in [0.4, 0.5) is 5.69 Å². The average molecular weight is 393 g/mol. The van der Waals surface area contributed by atoms with Crippen molar-refractivity contribution in [3.8, 4) is 0 Å². The van der Waals surface area contributed by atoms with Gasteiger partial charge >= 0.3 is 0 Å². The number of benzene rings is 1. The SMILES string of the molecule is CCc1cccc(CC)c1NC(N)=NCCSC.I. The van der Waals surface area contributed by atoms with E-state index in [0.29, 0.717) is 5.96 Å². The lowest BCUT2D eigenvalue weighted by molar-refractivity contribution is 1.08. The molecule has 0 atom stereocenters. The molecule has 0 radical (unpaired) electrons. The van der Waals surface area contributed by atoms with Gasteiger partial charge in [0.1, 0.15) is 0 Å². The van der Waals surface area contributed by atoms with Gasteiger partial charge in [0.2, 0.25) is 0 Å². The molecule has 3 nitrogen and oxygen atoms in total. The molecule has 0 fully saturated rings. The fourth-order valence-corrected chi connectivity index (χ4v) is 2.10. The van der Waals surface area contributed by atoms with Crippen molar-refractivity contribution in [2.24, 2.45) is 10.7 Å². The summed E-state index contributed by atoms with van der Waals surface area (Å²) >= 11 is 1.77. The van der Waals surface area contributed by atoms with Gasteiger partial charge in [-0.25, -0.2) is 0 Å². The quantitative estimate of drug-likeness (QED) is 0.337. The standard InChI is InChI=1S/C14H23N3S.HI/c1-4-11-7-6-8-12(5-2)13(11)17-14(15)16-9-10-18-3;/h6-8H,4-5,9-10H2,1-3H3,(H3,15,16,17);1H. The maximum atomic E-state index is 5.92. The lowest BCUT2D eigenvalue weighted by Crippen LogP contribution is -2.24. The highest BCUT2D eigenvalue weighted by atomic mass is 127. The summed E-state index contributed by atoms with van der Waals surface area (Å²) < 4.78 is 0. The van der Waals surface area contributed by atoms with Crippen molar-refractivity contribution in [2.45, 2.75) is 26.7 Å². The molecule has 1 aromatic carbocycles. The minimum absolute atomic E-state index is 0. The molecule has 1 aromatic rings. The van der Waals surface area contributed by atoms with Crippen LogP contribution in [0.25, 0.3) is 0 Å². The van der Waals surface area contributed by atoms with E-state index in [9.17, 15) is 0 Å². The summed E-state index contributed by atoms with van der Waals surface area (Å²) in [5.41, 5.74) is 9.63. The largest absolute Gasteiger partial charge is 0.370 e. The summed E-state index contributed by atoms with van der Waals surface area (Å²) in [6.45, 7) is 5.07. The molecule has 5 heteroatoms. The zero-order valence-corrected chi connectivity index (χ0v) is 15.0. The zero-order chi connectivity index (χ0) is 13.4. The molecular weight excluding hydrogens is 369 g/mol.